The Labute approximate surface area is 168 Å². The van der Waals surface area contributed by atoms with Crippen LogP contribution in [-0.4, -0.2) is 26.8 Å². The van der Waals surface area contributed by atoms with Crippen molar-refractivity contribution in [3.63, 3.8) is 0 Å². The number of carbonyl (C=O) groups excluding carboxylic acids is 1. The number of benzene rings is 2. The van der Waals surface area contributed by atoms with Crippen LogP contribution in [0.5, 0.6) is 0 Å². The van der Waals surface area contributed by atoms with Crippen molar-refractivity contribution in [2.24, 2.45) is 10.7 Å². The third-order valence-corrected chi connectivity index (χ3v) is 6.09. The molecule has 0 saturated carbocycles. The molecule has 1 aromatic heterocycles. The number of thioether (sulfide) groups is 1. The molecule has 0 saturated heterocycles. The fraction of sp³-hybridized carbons (Fsp3) is 0.286. The van der Waals surface area contributed by atoms with Gasteiger partial charge in [-0.3, -0.25) is 15.1 Å². The fourth-order valence-corrected chi connectivity index (χ4v) is 4.36. The van der Waals surface area contributed by atoms with Crippen molar-refractivity contribution < 1.29 is 4.79 Å². The monoisotopic (exact) mass is 393 g/mol. The molecular formula is C21H23N5OS. The number of aryl methyl sites for hydroxylation is 2. The zero-order chi connectivity index (χ0) is 19.9. The summed E-state index contributed by atoms with van der Waals surface area (Å²) in [6, 6.07) is 11.6. The van der Waals surface area contributed by atoms with Gasteiger partial charge in [-0.15, -0.1) is 0 Å². The Kier molecular flexibility index (Phi) is 4.63. The van der Waals surface area contributed by atoms with Crippen LogP contribution >= 0.6 is 11.8 Å². The number of nitrogens with one attached hydrogen (secondary N) is 2. The van der Waals surface area contributed by atoms with Crippen LogP contribution in [0.4, 0.5) is 5.95 Å². The van der Waals surface area contributed by atoms with Crippen molar-refractivity contribution in [2.75, 3.05) is 11.1 Å². The molecule has 0 bridgehead atoms. The molecule has 7 heteroatoms. The highest BCUT2D eigenvalue weighted by Crippen LogP contribution is 2.35. The molecule has 1 amide bonds. The molecule has 1 atom stereocenters. The minimum Gasteiger partial charge on any atom is -0.379 e. The molecular weight excluding hydrogens is 370 g/mol. The van der Waals surface area contributed by atoms with E-state index < -0.39 is 0 Å². The summed E-state index contributed by atoms with van der Waals surface area (Å²) in [5.74, 6) is 1.19. The molecule has 0 aliphatic carbocycles. The number of amidine groups is 1. The molecule has 6 nitrogen and oxygen atoms in total. The molecule has 2 aromatic carbocycles. The summed E-state index contributed by atoms with van der Waals surface area (Å²) in [5, 5.41) is 3.46. The van der Waals surface area contributed by atoms with Gasteiger partial charge in [0.15, 0.2) is 5.17 Å². The summed E-state index contributed by atoms with van der Waals surface area (Å²) >= 11 is 1.58. The largest absolute Gasteiger partial charge is 0.379 e. The smallest absolute Gasteiger partial charge is 0.257 e. The lowest BCUT2D eigenvalue weighted by atomic mass is 9.89. The van der Waals surface area contributed by atoms with Crippen LogP contribution in [-0.2, 0) is 5.54 Å². The zero-order valence-corrected chi connectivity index (χ0v) is 17.0. The van der Waals surface area contributed by atoms with Gasteiger partial charge in [0.1, 0.15) is 0 Å². The molecule has 4 N–H and O–H groups in total. The lowest BCUT2D eigenvalue weighted by Crippen LogP contribution is -2.28. The number of imidazole rings is 1. The summed E-state index contributed by atoms with van der Waals surface area (Å²) in [6.45, 7) is 6.18. The van der Waals surface area contributed by atoms with Crippen LogP contribution in [0.3, 0.4) is 0 Å². The molecule has 0 radical (unpaired) electrons. The molecule has 0 fully saturated rings. The van der Waals surface area contributed by atoms with Crippen LogP contribution < -0.4 is 11.1 Å². The van der Waals surface area contributed by atoms with Crippen LogP contribution in [0.1, 0.15) is 40.4 Å². The van der Waals surface area contributed by atoms with Crippen molar-refractivity contribution in [3.8, 4) is 0 Å². The third-order valence-electron chi connectivity index (χ3n) is 5.29. The van der Waals surface area contributed by atoms with E-state index in [4.69, 9.17) is 5.73 Å². The lowest BCUT2D eigenvalue weighted by Gasteiger charge is -2.29. The van der Waals surface area contributed by atoms with Gasteiger partial charge in [0.25, 0.3) is 5.91 Å². The van der Waals surface area contributed by atoms with Gasteiger partial charge < -0.3 is 10.7 Å². The van der Waals surface area contributed by atoms with E-state index in [9.17, 15) is 4.79 Å². The second-order valence-electron chi connectivity index (χ2n) is 7.39. The Hall–Kier alpha value is -2.80. The SMILES string of the molecule is Cc1cc2nc(NC(=O)c3ccc(C4(C)CCSC(N)=N4)cc3)[nH]c2cc1C. The number of rotatable bonds is 3. The minimum atomic E-state index is -0.335. The number of anilines is 1. The van der Waals surface area contributed by atoms with E-state index in [1.165, 1.54) is 11.1 Å². The second kappa shape index (κ2) is 6.98. The first-order chi connectivity index (χ1) is 13.3. The number of aliphatic imine (C=N–C) groups is 1. The first-order valence-corrected chi connectivity index (χ1v) is 10.2. The summed E-state index contributed by atoms with van der Waals surface area (Å²) in [5.41, 5.74) is 11.3. The first kappa shape index (κ1) is 18.6. The number of aromatic amines is 1. The number of nitrogens with zero attached hydrogens (tertiary/aromatic N) is 2. The minimum absolute atomic E-state index is 0.202. The van der Waals surface area contributed by atoms with Crippen LogP contribution in [0.2, 0.25) is 0 Å². The molecule has 144 valence electrons. The predicted molar refractivity (Wildman–Crippen MR) is 116 cm³/mol. The van der Waals surface area contributed by atoms with E-state index in [2.05, 4.69) is 34.1 Å². The number of amides is 1. The number of hydrogen-bond donors (Lipinski definition) is 3. The maximum Gasteiger partial charge on any atom is 0.257 e. The van der Waals surface area contributed by atoms with E-state index in [1.54, 1.807) is 11.8 Å². The first-order valence-electron chi connectivity index (χ1n) is 9.21. The maximum atomic E-state index is 12.6. The molecule has 4 rings (SSSR count). The van der Waals surface area contributed by atoms with E-state index in [1.807, 2.05) is 43.3 Å². The quantitative estimate of drug-likeness (QED) is 0.624. The Morgan fingerprint density at radius 1 is 1.21 bits per heavy atom. The zero-order valence-electron chi connectivity index (χ0n) is 16.2. The predicted octanol–water partition coefficient (Wildman–Crippen LogP) is 4.10. The van der Waals surface area contributed by atoms with Gasteiger partial charge in [0.05, 0.1) is 16.6 Å². The number of aromatic nitrogens is 2. The highest BCUT2D eigenvalue weighted by atomic mass is 32.2. The molecule has 0 spiro atoms. The number of fused-ring (bicyclic) bond motifs is 1. The average Bonchev–Trinajstić information content (AvgIpc) is 3.03. The van der Waals surface area contributed by atoms with E-state index in [-0.39, 0.29) is 11.4 Å². The van der Waals surface area contributed by atoms with Gasteiger partial charge in [-0.05, 0) is 68.1 Å². The van der Waals surface area contributed by atoms with Crippen LogP contribution in [0, 0.1) is 13.8 Å². The number of nitrogens with two attached hydrogens (primary N) is 1. The summed E-state index contributed by atoms with van der Waals surface area (Å²) in [6.07, 6.45) is 0.918. The lowest BCUT2D eigenvalue weighted by molar-refractivity contribution is 0.102. The molecule has 3 aromatic rings. The average molecular weight is 394 g/mol. The van der Waals surface area contributed by atoms with Gasteiger partial charge in [-0.25, -0.2) is 4.98 Å². The summed E-state index contributed by atoms with van der Waals surface area (Å²) < 4.78 is 0. The van der Waals surface area contributed by atoms with Crippen molar-refractivity contribution in [1.82, 2.24) is 9.97 Å². The Morgan fingerprint density at radius 2 is 1.93 bits per heavy atom. The van der Waals surface area contributed by atoms with Gasteiger partial charge in [-0.2, -0.15) is 0 Å². The summed E-state index contributed by atoms with van der Waals surface area (Å²) in [7, 11) is 0. The van der Waals surface area contributed by atoms with Crippen LogP contribution in [0.25, 0.3) is 11.0 Å². The van der Waals surface area contributed by atoms with Gasteiger partial charge in [0.2, 0.25) is 5.95 Å². The maximum absolute atomic E-state index is 12.6. The Morgan fingerprint density at radius 3 is 2.64 bits per heavy atom. The van der Waals surface area contributed by atoms with E-state index >= 15 is 0 Å². The molecule has 28 heavy (non-hydrogen) atoms. The van der Waals surface area contributed by atoms with Gasteiger partial charge >= 0.3 is 0 Å². The van der Waals surface area contributed by atoms with Crippen molar-refractivity contribution in [3.05, 3.63) is 58.7 Å². The Bertz CT molecular complexity index is 1050. The third kappa shape index (κ3) is 3.49. The van der Waals surface area contributed by atoms with E-state index in [0.29, 0.717) is 16.7 Å². The molecule has 2 heterocycles. The normalized spacial score (nSPS) is 19.5. The number of hydrogen-bond acceptors (Lipinski definition) is 5. The number of H-pyrrole nitrogens is 1. The van der Waals surface area contributed by atoms with Crippen molar-refractivity contribution >= 4 is 39.8 Å². The molecule has 1 unspecified atom stereocenters. The number of carbonyl (C=O) groups is 1. The fourth-order valence-electron chi connectivity index (χ4n) is 3.38. The highest BCUT2D eigenvalue weighted by molar-refractivity contribution is 8.13. The van der Waals surface area contributed by atoms with E-state index in [0.717, 1.165) is 28.8 Å². The highest BCUT2D eigenvalue weighted by Gasteiger charge is 2.29. The van der Waals surface area contributed by atoms with Crippen LogP contribution in [0.15, 0.2) is 41.4 Å². The second-order valence-corrected chi connectivity index (χ2v) is 8.51. The molecule has 1 aliphatic rings. The van der Waals surface area contributed by atoms with Crippen molar-refractivity contribution in [2.45, 2.75) is 32.7 Å². The van der Waals surface area contributed by atoms with Gasteiger partial charge in [0, 0.05) is 11.3 Å². The standard InChI is InChI=1S/C21H23N5OS/c1-12-10-16-17(11-13(12)2)24-20(23-16)25-18(27)14-4-6-15(7-5-14)21(3)8-9-28-19(22)26-21/h4-7,10-11H,8-9H2,1-3H3,(H2,22,26)(H2,23,24,25,27). The molecule has 1 aliphatic heterocycles. The Balaban J connectivity index is 1.53. The van der Waals surface area contributed by atoms with Crippen molar-refractivity contribution in [1.29, 1.82) is 0 Å². The topological polar surface area (TPSA) is 96.2 Å². The summed E-state index contributed by atoms with van der Waals surface area (Å²) in [4.78, 5) is 24.9. The van der Waals surface area contributed by atoms with Gasteiger partial charge in [-0.1, -0.05) is 23.9 Å².